The molecule has 0 bridgehead atoms. The molecule has 0 spiro atoms. The highest BCUT2D eigenvalue weighted by Crippen LogP contribution is 2.18. The number of ether oxygens (including phenoxy) is 2. The van der Waals surface area contributed by atoms with Gasteiger partial charge in [0.05, 0.1) is 13.2 Å². The number of carbonyl (C=O) groups excluding carboxylic acids is 1. The highest BCUT2D eigenvalue weighted by atomic mass is 16.5. The number of rotatable bonds is 7. The van der Waals surface area contributed by atoms with Gasteiger partial charge < -0.3 is 20.1 Å². The fourth-order valence-corrected chi connectivity index (χ4v) is 2.01. The van der Waals surface area contributed by atoms with Crippen molar-refractivity contribution in [3.8, 4) is 0 Å². The Kier molecular flexibility index (Phi) is 7.16. The Morgan fingerprint density at radius 1 is 1.47 bits per heavy atom. The molecule has 1 saturated heterocycles. The van der Waals surface area contributed by atoms with Gasteiger partial charge in [0.2, 0.25) is 5.91 Å². The van der Waals surface area contributed by atoms with Gasteiger partial charge in [-0.2, -0.15) is 0 Å². The lowest BCUT2D eigenvalue weighted by atomic mass is 9.93. The van der Waals surface area contributed by atoms with Crippen LogP contribution in [0.5, 0.6) is 0 Å². The van der Waals surface area contributed by atoms with Crippen molar-refractivity contribution in [3.63, 3.8) is 0 Å². The summed E-state index contributed by atoms with van der Waals surface area (Å²) in [6.45, 7) is 5.40. The molecule has 1 unspecified atom stereocenters. The van der Waals surface area contributed by atoms with E-state index in [1.54, 1.807) is 7.11 Å². The SMILES string of the molecule is COCCNCC(=O)NC(C)C1CCOCC1. The summed E-state index contributed by atoms with van der Waals surface area (Å²) in [6.07, 6.45) is 2.08. The molecule has 1 atom stereocenters. The Morgan fingerprint density at radius 2 is 2.18 bits per heavy atom. The molecular weight excluding hydrogens is 220 g/mol. The first-order valence-corrected chi connectivity index (χ1v) is 6.30. The van der Waals surface area contributed by atoms with Gasteiger partial charge in [0, 0.05) is 32.9 Å². The number of carbonyl (C=O) groups is 1. The van der Waals surface area contributed by atoms with Gasteiger partial charge in [-0.15, -0.1) is 0 Å². The molecule has 0 radical (unpaired) electrons. The number of amides is 1. The molecule has 17 heavy (non-hydrogen) atoms. The third-order valence-electron chi connectivity index (χ3n) is 3.13. The van der Waals surface area contributed by atoms with E-state index >= 15 is 0 Å². The molecule has 1 amide bonds. The smallest absolute Gasteiger partial charge is 0.234 e. The maximum absolute atomic E-state index is 11.6. The van der Waals surface area contributed by atoms with Gasteiger partial charge in [-0.3, -0.25) is 4.79 Å². The van der Waals surface area contributed by atoms with Crippen molar-refractivity contribution in [3.05, 3.63) is 0 Å². The van der Waals surface area contributed by atoms with E-state index in [1.807, 2.05) is 0 Å². The molecule has 1 heterocycles. The largest absolute Gasteiger partial charge is 0.383 e. The van der Waals surface area contributed by atoms with Crippen molar-refractivity contribution in [1.29, 1.82) is 0 Å². The lowest BCUT2D eigenvalue weighted by Gasteiger charge is -2.28. The topological polar surface area (TPSA) is 59.6 Å². The fourth-order valence-electron chi connectivity index (χ4n) is 2.01. The lowest BCUT2D eigenvalue weighted by Crippen LogP contribution is -2.44. The maximum Gasteiger partial charge on any atom is 0.234 e. The van der Waals surface area contributed by atoms with E-state index in [4.69, 9.17) is 9.47 Å². The van der Waals surface area contributed by atoms with Crippen LogP contribution in [0, 0.1) is 5.92 Å². The fraction of sp³-hybridized carbons (Fsp3) is 0.917. The summed E-state index contributed by atoms with van der Waals surface area (Å²) in [5.74, 6) is 0.603. The van der Waals surface area contributed by atoms with E-state index in [9.17, 15) is 4.79 Å². The first-order chi connectivity index (χ1) is 8.24. The van der Waals surface area contributed by atoms with Gasteiger partial charge >= 0.3 is 0 Å². The van der Waals surface area contributed by atoms with E-state index in [0.29, 0.717) is 25.6 Å². The quantitative estimate of drug-likeness (QED) is 0.626. The van der Waals surface area contributed by atoms with Crippen LogP contribution in [0.15, 0.2) is 0 Å². The minimum Gasteiger partial charge on any atom is -0.383 e. The zero-order chi connectivity index (χ0) is 12.5. The number of methoxy groups -OCH3 is 1. The predicted molar refractivity (Wildman–Crippen MR) is 65.9 cm³/mol. The monoisotopic (exact) mass is 244 g/mol. The second kappa shape index (κ2) is 8.44. The lowest BCUT2D eigenvalue weighted by molar-refractivity contribution is -0.121. The Balaban J connectivity index is 2.11. The molecule has 5 nitrogen and oxygen atoms in total. The van der Waals surface area contributed by atoms with Crippen LogP contribution < -0.4 is 10.6 Å². The Labute approximate surface area is 103 Å². The van der Waals surface area contributed by atoms with Gasteiger partial charge in [-0.1, -0.05) is 0 Å². The molecule has 100 valence electrons. The number of nitrogens with one attached hydrogen (secondary N) is 2. The molecule has 0 saturated carbocycles. The normalized spacial score (nSPS) is 18.9. The summed E-state index contributed by atoms with van der Waals surface area (Å²) < 4.78 is 10.2. The van der Waals surface area contributed by atoms with Crippen LogP contribution in [0.2, 0.25) is 0 Å². The van der Waals surface area contributed by atoms with Crippen LogP contribution in [-0.2, 0) is 14.3 Å². The molecule has 0 aromatic carbocycles. The molecule has 0 aromatic rings. The molecule has 0 aliphatic carbocycles. The van der Waals surface area contributed by atoms with Crippen molar-refractivity contribution in [1.82, 2.24) is 10.6 Å². The van der Waals surface area contributed by atoms with Crippen LogP contribution in [0.25, 0.3) is 0 Å². The second-order valence-electron chi connectivity index (χ2n) is 4.48. The Morgan fingerprint density at radius 3 is 2.82 bits per heavy atom. The maximum atomic E-state index is 11.6. The highest BCUT2D eigenvalue weighted by Gasteiger charge is 2.21. The standard InChI is InChI=1S/C12H24N2O3/c1-10(11-3-6-17-7-4-11)14-12(15)9-13-5-8-16-2/h10-11,13H,3-9H2,1-2H3,(H,14,15). The molecule has 1 aliphatic rings. The van der Waals surface area contributed by atoms with Crippen molar-refractivity contribution < 1.29 is 14.3 Å². The molecule has 1 fully saturated rings. The minimum absolute atomic E-state index is 0.0556. The summed E-state index contributed by atoms with van der Waals surface area (Å²) in [7, 11) is 1.65. The van der Waals surface area contributed by atoms with Crippen molar-refractivity contribution in [2.45, 2.75) is 25.8 Å². The first kappa shape index (κ1) is 14.4. The first-order valence-electron chi connectivity index (χ1n) is 6.30. The third-order valence-corrected chi connectivity index (χ3v) is 3.13. The summed E-state index contributed by atoms with van der Waals surface area (Å²) in [5, 5.41) is 6.06. The Hall–Kier alpha value is -0.650. The van der Waals surface area contributed by atoms with Crippen LogP contribution in [0.3, 0.4) is 0 Å². The van der Waals surface area contributed by atoms with E-state index in [0.717, 1.165) is 26.1 Å². The molecule has 1 rings (SSSR count). The summed E-state index contributed by atoms with van der Waals surface area (Å²) in [4.78, 5) is 11.6. The van der Waals surface area contributed by atoms with Crippen molar-refractivity contribution in [2.75, 3.05) is 40.0 Å². The summed E-state index contributed by atoms with van der Waals surface area (Å²) in [5.41, 5.74) is 0. The van der Waals surface area contributed by atoms with Crippen molar-refractivity contribution >= 4 is 5.91 Å². The van der Waals surface area contributed by atoms with Crippen LogP contribution in [-0.4, -0.2) is 52.0 Å². The predicted octanol–water partition coefficient (Wildman–Crippen LogP) is 0.154. The second-order valence-corrected chi connectivity index (χ2v) is 4.48. The number of hydrogen-bond donors (Lipinski definition) is 2. The van der Waals surface area contributed by atoms with Crippen LogP contribution in [0.4, 0.5) is 0 Å². The van der Waals surface area contributed by atoms with Gasteiger partial charge in [-0.05, 0) is 25.7 Å². The van der Waals surface area contributed by atoms with E-state index in [-0.39, 0.29) is 11.9 Å². The van der Waals surface area contributed by atoms with Gasteiger partial charge in [0.15, 0.2) is 0 Å². The van der Waals surface area contributed by atoms with E-state index in [2.05, 4.69) is 17.6 Å². The molecule has 0 aromatic heterocycles. The molecule has 5 heteroatoms. The molecular formula is C12H24N2O3. The minimum atomic E-state index is 0.0556. The Bertz CT molecular complexity index is 218. The van der Waals surface area contributed by atoms with Gasteiger partial charge in [0.1, 0.15) is 0 Å². The molecule has 2 N–H and O–H groups in total. The van der Waals surface area contributed by atoms with Gasteiger partial charge in [-0.25, -0.2) is 0 Å². The summed E-state index contributed by atoms with van der Waals surface area (Å²) in [6, 6.07) is 0.232. The number of hydrogen-bond acceptors (Lipinski definition) is 4. The summed E-state index contributed by atoms with van der Waals surface area (Å²) >= 11 is 0. The van der Waals surface area contributed by atoms with Crippen LogP contribution in [0.1, 0.15) is 19.8 Å². The van der Waals surface area contributed by atoms with Gasteiger partial charge in [0.25, 0.3) is 0 Å². The average Bonchev–Trinajstić information content (AvgIpc) is 2.36. The third kappa shape index (κ3) is 6.00. The molecule has 1 aliphatic heterocycles. The average molecular weight is 244 g/mol. The zero-order valence-corrected chi connectivity index (χ0v) is 10.8. The van der Waals surface area contributed by atoms with E-state index < -0.39 is 0 Å². The van der Waals surface area contributed by atoms with E-state index in [1.165, 1.54) is 0 Å². The highest BCUT2D eigenvalue weighted by molar-refractivity contribution is 5.78. The zero-order valence-electron chi connectivity index (χ0n) is 10.8. The van der Waals surface area contributed by atoms with Crippen molar-refractivity contribution in [2.24, 2.45) is 5.92 Å². The van der Waals surface area contributed by atoms with Crippen LogP contribution >= 0.6 is 0 Å².